The van der Waals surface area contributed by atoms with Crippen molar-refractivity contribution in [3.8, 4) is 0 Å². The zero-order chi connectivity index (χ0) is 13.0. The minimum Gasteiger partial charge on any atom is -0.378 e. The number of rotatable bonds is 4. The van der Waals surface area contributed by atoms with Gasteiger partial charge in [0.1, 0.15) is 0 Å². The zero-order valence-corrected chi connectivity index (χ0v) is 11.5. The minimum atomic E-state index is -0.164. The summed E-state index contributed by atoms with van der Waals surface area (Å²) in [6.45, 7) is 1.46. The average molecular weight is 254 g/mol. The molecule has 1 heterocycles. The van der Waals surface area contributed by atoms with Gasteiger partial charge < -0.3 is 15.4 Å². The van der Waals surface area contributed by atoms with E-state index in [0.29, 0.717) is 13.0 Å². The van der Waals surface area contributed by atoms with Crippen LogP contribution in [0.4, 0.5) is 0 Å². The highest BCUT2D eigenvalue weighted by molar-refractivity contribution is 5.78. The van der Waals surface area contributed by atoms with Crippen LogP contribution < -0.4 is 5.73 Å². The molecule has 2 aliphatic rings. The molecule has 1 unspecified atom stereocenters. The molecule has 2 rings (SSSR count). The van der Waals surface area contributed by atoms with Crippen molar-refractivity contribution < 1.29 is 9.53 Å². The van der Waals surface area contributed by atoms with E-state index in [0.717, 1.165) is 32.2 Å². The fourth-order valence-electron chi connectivity index (χ4n) is 3.15. The molecule has 104 valence electrons. The summed E-state index contributed by atoms with van der Waals surface area (Å²) in [5.74, 6) is 0.244. The highest BCUT2D eigenvalue weighted by Crippen LogP contribution is 2.38. The first-order chi connectivity index (χ1) is 8.71. The van der Waals surface area contributed by atoms with Gasteiger partial charge in [0.15, 0.2) is 0 Å². The molecule has 4 heteroatoms. The van der Waals surface area contributed by atoms with Gasteiger partial charge in [0.05, 0.1) is 12.0 Å². The van der Waals surface area contributed by atoms with Gasteiger partial charge in [0, 0.05) is 26.2 Å². The van der Waals surface area contributed by atoms with Crippen LogP contribution in [0.1, 0.15) is 51.4 Å². The van der Waals surface area contributed by atoms with E-state index in [1.54, 1.807) is 7.11 Å². The minimum absolute atomic E-state index is 0.164. The smallest absolute Gasteiger partial charge is 0.225 e. The Bertz CT molecular complexity index is 284. The molecule has 1 atom stereocenters. The van der Waals surface area contributed by atoms with E-state index in [9.17, 15) is 4.79 Å². The van der Waals surface area contributed by atoms with Gasteiger partial charge in [-0.1, -0.05) is 12.8 Å². The van der Waals surface area contributed by atoms with Gasteiger partial charge in [0.25, 0.3) is 0 Å². The normalized spacial score (nSPS) is 27.4. The second-order valence-electron chi connectivity index (χ2n) is 5.74. The lowest BCUT2D eigenvalue weighted by Gasteiger charge is -2.42. The molecule has 1 amide bonds. The molecular formula is C14H26N2O2. The summed E-state index contributed by atoms with van der Waals surface area (Å²) in [6, 6.07) is 0.244. The van der Waals surface area contributed by atoms with Crippen LogP contribution in [-0.2, 0) is 9.53 Å². The van der Waals surface area contributed by atoms with E-state index in [1.165, 1.54) is 19.3 Å². The Hall–Kier alpha value is -0.610. The van der Waals surface area contributed by atoms with Gasteiger partial charge in [-0.3, -0.25) is 4.79 Å². The molecular weight excluding hydrogens is 228 g/mol. The molecule has 0 bridgehead atoms. The fraction of sp³-hybridized carbons (Fsp3) is 0.929. The number of hydrogen-bond donors (Lipinski definition) is 1. The van der Waals surface area contributed by atoms with Gasteiger partial charge in [-0.15, -0.1) is 0 Å². The Balaban J connectivity index is 1.97. The predicted molar refractivity (Wildman–Crippen MR) is 71.2 cm³/mol. The summed E-state index contributed by atoms with van der Waals surface area (Å²) in [5.41, 5.74) is 5.65. The summed E-state index contributed by atoms with van der Waals surface area (Å²) in [5, 5.41) is 0. The average Bonchev–Trinajstić information content (AvgIpc) is 2.58. The van der Waals surface area contributed by atoms with Crippen LogP contribution in [0.25, 0.3) is 0 Å². The second kappa shape index (κ2) is 6.02. The first-order valence-electron chi connectivity index (χ1n) is 7.25. The molecule has 0 radical (unpaired) electrons. The van der Waals surface area contributed by atoms with E-state index in [4.69, 9.17) is 10.5 Å². The third kappa shape index (κ3) is 2.86. The summed E-state index contributed by atoms with van der Waals surface area (Å²) in [4.78, 5) is 14.5. The number of carbonyl (C=O) groups excluding carboxylic acids is 1. The quantitative estimate of drug-likeness (QED) is 0.830. The van der Waals surface area contributed by atoms with Crippen molar-refractivity contribution in [2.24, 2.45) is 5.73 Å². The van der Waals surface area contributed by atoms with Crippen molar-refractivity contribution in [3.63, 3.8) is 0 Å². The number of ether oxygens (including phenoxy) is 1. The Labute approximate surface area is 110 Å². The molecule has 0 aromatic heterocycles. The summed E-state index contributed by atoms with van der Waals surface area (Å²) >= 11 is 0. The van der Waals surface area contributed by atoms with Crippen molar-refractivity contribution in [1.29, 1.82) is 0 Å². The summed E-state index contributed by atoms with van der Waals surface area (Å²) < 4.78 is 5.56. The molecule has 2 fully saturated rings. The van der Waals surface area contributed by atoms with Crippen molar-refractivity contribution in [1.82, 2.24) is 4.90 Å². The topological polar surface area (TPSA) is 55.6 Å². The zero-order valence-electron chi connectivity index (χ0n) is 11.5. The summed E-state index contributed by atoms with van der Waals surface area (Å²) in [6.07, 6.45) is 8.36. The number of amides is 1. The van der Waals surface area contributed by atoms with Crippen molar-refractivity contribution in [3.05, 3.63) is 0 Å². The lowest BCUT2D eigenvalue weighted by molar-refractivity contribution is -0.146. The van der Waals surface area contributed by atoms with Gasteiger partial charge in [0.2, 0.25) is 5.91 Å². The van der Waals surface area contributed by atoms with E-state index < -0.39 is 0 Å². The van der Waals surface area contributed by atoms with Crippen LogP contribution in [-0.4, -0.2) is 42.6 Å². The van der Waals surface area contributed by atoms with Gasteiger partial charge in [-0.25, -0.2) is 0 Å². The first-order valence-corrected chi connectivity index (χ1v) is 7.25. The number of likely N-dealkylation sites (tertiary alicyclic amines) is 1. The maximum atomic E-state index is 12.5. The molecule has 0 aromatic rings. The fourth-order valence-corrected chi connectivity index (χ4v) is 3.15. The number of nitrogens with two attached hydrogens (primary N) is 1. The molecule has 0 spiro atoms. The van der Waals surface area contributed by atoms with E-state index in [-0.39, 0.29) is 17.6 Å². The summed E-state index contributed by atoms with van der Waals surface area (Å²) in [7, 11) is 1.73. The standard InChI is InChI=1S/C14H26N2O2/c1-18-14(7-5-8-14)10-13(17)16-9-4-2-3-6-12(16)11-15/h12H,2-11,15H2,1H3. The maximum absolute atomic E-state index is 12.5. The van der Waals surface area contributed by atoms with Crippen molar-refractivity contribution in [2.75, 3.05) is 20.2 Å². The largest absolute Gasteiger partial charge is 0.378 e. The molecule has 4 nitrogen and oxygen atoms in total. The second-order valence-corrected chi connectivity index (χ2v) is 5.74. The molecule has 1 saturated heterocycles. The SMILES string of the molecule is COC1(CC(=O)N2CCCCCC2CN)CCC1. The predicted octanol–water partition coefficient (Wildman–Crippen LogP) is 1.68. The number of carbonyl (C=O) groups is 1. The van der Waals surface area contributed by atoms with Gasteiger partial charge >= 0.3 is 0 Å². The molecule has 2 N–H and O–H groups in total. The molecule has 1 saturated carbocycles. The lowest BCUT2D eigenvalue weighted by Crippen LogP contribution is -2.49. The Kier molecular flexibility index (Phi) is 4.62. The monoisotopic (exact) mass is 254 g/mol. The highest BCUT2D eigenvalue weighted by atomic mass is 16.5. The van der Waals surface area contributed by atoms with Crippen molar-refractivity contribution in [2.45, 2.75) is 63.0 Å². The Morgan fingerprint density at radius 3 is 2.67 bits per heavy atom. The van der Waals surface area contributed by atoms with E-state index in [1.807, 2.05) is 4.90 Å². The van der Waals surface area contributed by atoms with Crippen LogP contribution in [0.3, 0.4) is 0 Å². The molecule has 18 heavy (non-hydrogen) atoms. The van der Waals surface area contributed by atoms with Gasteiger partial charge in [-0.05, 0) is 32.1 Å². The van der Waals surface area contributed by atoms with Crippen LogP contribution in [0.5, 0.6) is 0 Å². The molecule has 0 aromatic carbocycles. The highest BCUT2D eigenvalue weighted by Gasteiger charge is 2.40. The van der Waals surface area contributed by atoms with Crippen LogP contribution in [0.15, 0.2) is 0 Å². The maximum Gasteiger partial charge on any atom is 0.225 e. The third-order valence-corrected chi connectivity index (χ3v) is 4.64. The molecule has 1 aliphatic carbocycles. The Morgan fingerprint density at radius 1 is 1.33 bits per heavy atom. The van der Waals surface area contributed by atoms with E-state index in [2.05, 4.69) is 0 Å². The van der Waals surface area contributed by atoms with Crippen molar-refractivity contribution >= 4 is 5.91 Å². The Morgan fingerprint density at radius 2 is 2.11 bits per heavy atom. The van der Waals surface area contributed by atoms with Crippen LogP contribution in [0.2, 0.25) is 0 Å². The number of nitrogens with zero attached hydrogens (tertiary/aromatic N) is 1. The lowest BCUT2D eigenvalue weighted by atomic mass is 9.77. The van der Waals surface area contributed by atoms with Crippen LogP contribution in [0, 0.1) is 0 Å². The number of methoxy groups -OCH3 is 1. The van der Waals surface area contributed by atoms with Crippen LogP contribution >= 0.6 is 0 Å². The van der Waals surface area contributed by atoms with E-state index >= 15 is 0 Å². The first kappa shape index (κ1) is 13.8. The van der Waals surface area contributed by atoms with Gasteiger partial charge in [-0.2, -0.15) is 0 Å². The number of hydrogen-bond acceptors (Lipinski definition) is 3. The molecule has 1 aliphatic heterocycles. The third-order valence-electron chi connectivity index (χ3n) is 4.64.